The number of nitrogens with zero attached hydrogens (tertiary/aromatic N) is 4. The summed E-state index contributed by atoms with van der Waals surface area (Å²) in [5, 5.41) is 4.07. The molecule has 5 aliphatic rings. The number of hydrogen-bond donors (Lipinski definition) is 1. The van der Waals surface area contributed by atoms with Crippen molar-refractivity contribution >= 4 is 80.1 Å². The fraction of sp³-hybridized carbons (Fsp3) is 0.294. The summed E-state index contributed by atoms with van der Waals surface area (Å²) in [6.07, 6.45) is 3.94. The van der Waals surface area contributed by atoms with Crippen molar-refractivity contribution in [2.75, 3.05) is 41.6 Å². The largest absolute Gasteiger partial charge is 0.493 e. The van der Waals surface area contributed by atoms with Gasteiger partial charge in [0.15, 0.2) is 23.0 Å². The summed E-state index contributed by atoms with van der Waals surface area (Å²) >= 11 is 0. The average Bonchev–Trinajstić information content (AvgIpc) is 3.97. The highest BCUT2D eigenvalue weighted by Crippen LogP contribution is 2.43. The Balaban J connectivity index is 0.853. The Morgan fingerprint density at radius 3 is 2.03 bits per heavy atom. The van der Waals surface area contributed by atoms with Crippen molar-refractivity contribution in [3.63, 3.8) is 0 Å². The Labute approximate surface area is 400 Å². The Bertz CT molecular complexity index is 2870. The number of para-hydroxylation sites is 2. The summed E-state index contributed by atoms with van der Waals surface area (Å²) in [4.78, 5) is 77.5. The van der Waals surface area contributed by atoms with E-state index >= 15 is 0 Å². The quantitative estimate of drug-likeness (QED) is 0.0570. The average molecular weight is 954 g/mol. The molecule has 5 aliphatic heterocycles. The molecule has 0 aromatic heterocycles. The molecule has 5 heterocycles. The minimum absolute atomic E-state index is 0.0193. The maximum atomic E-state index is 14.1. The summed E-state index contributed by atoms with van der Waals surface area (Å²) in [7, 11) is 6.31. The van der Waals surface area contributed by atoms with Crippen LogP contribution in [0.2, 0.25) is 0 Å². The SMILES string of the molecule is COc1cc2c(cc1OCc1cc(COc3cc4c(cc3OC)C(=O)N3c5ccccc5C[C@H]3CN4)cc(CSSCCCC(=O)ON3C(=O)CCC3=O)c1)N=C[C@@H]1Cc3ccccc3N1C2=O. The summed E-state index contributed by atoms with van der Waals surface area (Å²) in [6.45, 7) is 0.913. The fourth-order valence-corrected chi connectivity index (χ4v) is 11.4. The van der Waals surface area contributed by atoms with E-state index in [1.807, 2.05) is 65.7 Å². The number of methoxy groups -OCH3 is 2. The molecule has 1 N–H and O–H groups in total. The zero-order valence-corrected chi connectivity index (χ0v) is 39.0. The number of carbonyl (C=O) groups excluding carboxylic acids is 5. The molecule has 0 unspecified atom stereocenters. The molecule has 348 valence electrons. The van der Waals surface area contributed by atoms with Gasteiger partial charge in [-0.1, -0.05) is 70.1 Å². The number of nitrogens with one attached hydrogen (secondary N) is 1. The van der Waals surface area contributed by atoms with Crippen molar-refractivity contribution in [3.05, 3.63) is 130 Å². The molecular weight excluding hydrogens is 907 g/mol. The molecule has 68 heavy (non-hydrogen) atoms. The van der Waals surface area contributed by atoms with Gasteiger partial charge in [0.05, 0.1) is 48.8 Å². The molecular formula is C51H47N5O10S2. The highest BCUT2D eigenvalue weighted by Gasteiger charge is 2.39. The van der Waals surface area contributed by atoms with Crippen LogP contribution in [-0.2, 0) is 51.0 Å². The first-order valence-electron chi connectivity index (χ1n) is 22.4. The van der Waals surface area contributed by atoms with Gasteiger partial charge in [-0.15, -0.1) is 5.06 Å². The first kappa shape index (κ1) is 44.8. The van der Waals surface area contributed by atoms with Gasteiger partial charge in [0.25, 0.3) is 23.6 Å². The van der Waals surface area contributed by atoms with Crippen LogP contribution in [0.4, 0.5) is 22.7 Å². The molecule has 0 aliphatic carbocycles. The Morgan fingerprint density at radius 2 is 1.32 bits per heavy atom. The topological polar surface area (TPSA) is 166 Å². The van der Waals surface area contributed by atoms with Crippen LogP contribution in [0.3, 0.4) is 0 Å². The third kappa shape index (κ3) is 8.95. The van der Waals surface area contributed by atoms with Crippen LogP contribution in [-0.4, -0.2) is 79.5 Å². The van der Waals surface area contributed by atoms with E-state index in [-0.39, 0.29) is 56.4 Å². The minimum atomic E-state index is -0.619. The van der Waals surface area contributed by atoms with E-state index in [1.54, 1.807) is 58.9 Å². The summed E-state index contributed by atoms with van der Waals surface area (Å²) in [6, 6.07) is 28.9. The molecule has 10 rings (SSSR count). The maximum Gasteiger partial charge on any atom is 0.333 e. The third-order valence-electron chi connectivity index (χ3n) is 12.5. The van der Waals surface area contributed by atoms with Crippen LogP contribution in [0.15, 0.2) is 96.0 Å². The lowest BCUT2D eigenvalue weighted by molar-refractivity contribution is -0.197. The summed E-state index contributed by atoms with van der Waals surface area (Å²) in [5.74, 6) is 1.12. The van der Waals surface area contributed by atoms with E-state index in [0.29, 0.717) is 81.5 Å². The first-order valence-corrected chi connectivity index (χ1v) is 24.9. The lowest BCUT2D eigenvalue weighted by atomic mass is 10.1. The van der Waals surface area contributed by atoms with Crippen molar-refractivity contribution in [2.24, 2.45) is 4.99 Å². The van der Waals surface area contributed by atoms with Crippen LogP contribution in [0, 0.1) is 0 Å². The number of hydrogen-bond acceptors (Lipinski definition) is 14. The number of aliphatic imine (C=N–C) groups is 1. The Hall–Kier alpha value is -6.98. The van der Waals surface area contributed by atoms with Crippen LogP contribution < -0.4 is 34.1 Å². The molecule has 1 saturated heterocycles. The van der Waals surface area contributed by atoms with Gasteiger partial charge in [-0.2, -0.15) is 0 Å². The number of fused-ring (bicyclic) bond motifs is 8. The van der Waals surface area contributed by atoms with Crippen LogP contribution in [0.25, 0.3) is 0 Å². The Morgan fingerprint density at radius 1 is 0.706 bits per heavy atom. The highest BCUT2D eigenvalue weighted by atomic mass is 33.1. The lowest BCUT2D eigenvalue weighted by Crippen LogP contribution is -2.39. The molecule has 0 saturated carbocycles. The van der Waals surface area contributed by atoms with E-state index in [1.165, 1.54) is 0 Å². The zero-order valence-electron chi connectivity index (χ0n) is 37.4. The van der Waals surface area contributed by atoms with Gasteiger partial charge in [0.1, 0.15) is 13.2 Å². The second kappa shape index (κ2) is 19.3. The fourth-order valence-electron chi connectivity index (χ4n) is 9.26. The number of hydroxylamine groups is 2. The molecule has 0 spiro atoms. The summed E-state index contributed by atoms with van der Waals surface area (Å²) in [5.41, 5.74) is 8.88. The molecule has 17 heteroatoms. The van der Waals surface area contributed by atoms with Gasteiger partial charge < -0.3 is 34.0 Å². The number of benzene rings is 5. The molecule has 0 bridgehead atoms. The molecule has 1 fully saturated rings. The van der Waals surface area contributed by atoms with Gasteiger partial charge in [-0.25, -0.2) is 4.79 Å². The molecule has 5 aromatic carbocycles. The number of anilines is 3. The zero-order chi connectivity index (χ0) is 46.9. The maximum absolute atomic E-state index is 14.1. The van der Waals surface area contributed by atoms with Gasteiger partial charge in [-0.3, -0.25) is 29.1 Å². The van der Waals surface area contributed by atoms with Crippen LogP contribution >= 0.6 is 21.6 Å². The molecule has 15 nitrogen and oxygen atoms in total. The molecule has 4 amide bonds. The van der Waals surface area contributed by atoms with Crippen molar-refractivity contribution < 1.29 is 47.8 Å². The van der Waals surface area contributed by atoms with Crippen molar-refractivity contribution in [1.82, 2.24) is 5.06 Å². The van der Waals surface area contributed by atoms with Crippen molar-refractivity contribution in [2.45, 2.75) is 69.6 Å². The van der Waals surface area contributed by atoms with Gasteiger partial charge in [0.2, 0.25) is 0 Å². The van der Waals surface area contributed by atoms with Gasteiger partial charge in [-0.05, 0) is 71.0 Å². The monoisotopic (exact) mass is 953 g/mol. The first-order chi connectivity index (χ1) is 33.1. The van der Waals surface area contributed by atoms with E-state index in [0.717, 1.165) is 45.6 Å². The second-order valence-electron chi connectivity index (χ2n) is 16.9. The van der Waals surface area contributed by atoms with E-state index < -0.39 is 17.8 Å². The van der Waals surface area contributed by atoms with E-state index in [9.17, 15) is 24.0 Å². The van der Waals surface area contributed by atoms with Gasteiger partial charge in [0, 0.05) is 73.5 Å². The standard InChI is InChI=1S/C51H47N5O10S2/c1-62-43-21-37-39(52-25-35-19-33-8-3-5-10-41(33)54(35)50(37)60)23-45(43)64-27-30-16-31(18-32(17-30)29-68-67-15-7-12-49(59)66-56-47(57)13-14-48(56)58)28-65-46-24-40-38(22-44(46)63-2)51(61)55-36(26-53-40)20-34-9-4-6-11-42(34)55/h3-6,8-11,16-18,21-25,35-36,53H,7,12-15,19-20,26-29H2,1-2H3/t35-,36-/m0/s1. The lowest BCUT2D eigenvalue weighted by Gasteiger charge is -2.22. The Kier molecular flexibility index (Phi) is 12.7. The van der Waals surface area contributed by atoms with Gasteiger partial charge >= 0.3 is 5.97 Å². The third-order valence-corrected chi connectivity index (χ3v) is 14.9. The van der Waals surface area contributed by atoms with Crippen molar-refractivity contribution in [1.29, 1.82) is 0 Å². The van der Waals surface area contributed by atoms with E-state index in [2.05, 4.69) is 23.5 Å². The highest BCUT2D eigenvalue weighted by molar-refractivity contribution is 8.76. The number of amides is 4. The van der Waals surface area contributed by atoms with E-state index in [4.69, 9.17) is 28.8 Å². The number of rotatable bonds is 16. The van der Waals surface area contributed by atoms with Crippen LogP contribution in [0.1, 0.15) is 74.2 Å². The van der Waals surface area contributed by atoms with Crippen LogP contribution in [0.5, 0.6) is 23.0 Å². The number of ether oxygens (including phenoxy) is 4. The minimum Gasteiger partial charge on any atom is -0.493 e. The number of carbonyl (C=O) groups is 5. The summed E-state index contributed by atoms with van der Waals surface area (Å²) < 4.78 is 24.5. The van der Waals surface area contributed by atoms with Crippen molar-refractivity contribution in [3.8, 4) is 23.0 Å². The molecule has 2 atom stereocenters. The smallest absolute Gasteiger partial charge is 0.333 e. The molecule has 5 aromatic rings. The normalized spacial score (nSPS) is 17.6. The predicted molar refractivity (Wildman–Crippen MR) is 259 cm³/mol. The predicted octanol–water partition coefficient (Wildman–Crippen LogP) is 8.42. The molecule has 0 radical (unpaired) electrons. The second-order valence-corrected chi connectivity index (χ2v) is 19.5. The number of imide groups is 1.